The van der Waals surface area contributed by atoms with Crippen LogP contribution in [0, 0.1) is 0 Å². The van der Waals surface area contributed by atoms with Crippen LogP contribution in [0.4, 0.5) is 0 Å². The van der Waals surface area contributed by atoms with E-state index in [1.54, 1.807) is 11.3 Å². The van der Waals surface area contributed by atoms with Gasteiger partial charge in [0.05, 0.1) is 11.9 Å². The average Bonchev–Trinajstić information content (AvgIpc) is 3.30. The Morgan fingerprint density at radius 1 is 1.23 bits per heavy atom. The van der Waals surface area contributed by atoms with E-state index >= 15 is 0 Å². The molecule has 0 atom stereocenters. The topological polar surface area (TPSA) is 49.0 Å². The second-order valence-electron chi connectivity index (χ2n) is 7.41. The summed E-state index contributed by atoms with van der Waals surface area (Å²) in [7, 11) is 0. The Balaban J connectivity index is 1.67. The number of rotatable bonds is 5. The van der Waals surface area contributed by atoms with Gasteiger partial charge in [0, 0.05) is 17.0 Å². The number of thiophene rings is 1. The number of aromatic nitrogens is 2. The molecule has 0 bridgehead atoms. The van der Waals surface area contributed by atoms with E-state index in [1.165, 1.54) is 25.7 Å². The molecule has 0 radical (unpaired) electrons. The summed E-state index contributed by atoms with van der Waals surface area (Å²) in [5.74, 6) is 0.782. The second-order valence-corrected chi connectivity index (χ2v) is 8.44. The number of fused-ring (bicyclic) bond motifs is 1. The van der Waals surface area contributed by atoms with E-state index < -0.39 is 0 Å². The maximum atomic E-state index is 12.6. The third kappa shape index (κ3) is 3.46. The zero-order valence-electron chi connectivity index (χ0n) is 15.4. The number of aromatic amines is 1. The first-order valence-electron chi connectivity index (χ1n) is 9.45. The SMILES string of the molecule is CC(C)N(Cc1nc2sc(-c3ccccc3)cc2c(=O)[nH]1)C1CCCC1. The van der Waals surface area contributed by atoms with Crippen molar-refractivity contribution in [1.82, 2.24) is 14.9 Å². The quantitative estimate of drug-likeness (QED) is 0.704. The molecule has 1 aliphatic carbocycles. The fourth-order valence-corrected chi connectivity index (χ4v) is 4.99. The summed E-state index contributed by atoms with van der Waals surface area (Å²) in [5, 5.41) is 0.689. The Bertz CT molecular complexity index is 939. The molecular weight excluding hydrogens is 342 g/mol. The lowest BCUT2D eigenvalue weighted by atomic mass is 10.1. The van der Waals surface area contributed by atoms with E-state index in [2.05, 4.69) is 35.9 Å². The highest BCUT2D eigenvalue weighted by Gasteiger charge is 2.25. The lowest BCUT2D eigenvalue weighted by molar-refractivity contribution is 0.142. The molecule has 0 saturated heterocycles. The molecule has 0 amide bonds. The first kappa shape index (κ1) is 17.4. The number of hydrogen-bond donors (Lipinski definition) is 1. The normalized spacial score (nSPS) is 15.5. The Hall–Kier alpha value is -1.98. The molecule has 3 aromatic rings. The third-order valence-corrected chi connectivity index (χ3v) is 6.38. The number of hydrogen-bond acceptors (Lipinski definition) is 4. The second kappa shape index (κ2) is 7.33. The molecule has 136 valence electrons. The van der Waals surface area contributed by atoms with Crippen molar-refractivity contribution < 1.29 is 0 Å². The lowest BCUT2D eigenvalue weighted by Gasteiger charge is -2.32. The van der Waals surface area contributed by atoms with Crippen molar-refractivity contribution in [3.8, 4) is 10.4 Å². The molecule has 1 N–H and O–H groups in total. The van der Waals surface area contributed by atoms with Crippen LogP contribution in [0.15, 0.2) is 41.2 Å². The Labute approximate surface area is 157 Å². The summed E-state index contributed by atoms with van der Waals surface area (Å²) in [6.45, 7) is 5.17. The van der Waals surface area contributed by atoms with Gasteiger partial charge in [0.15, 0.2) is 0 Å². The van der Waals surface area contributed by atoms with Crippen LogP contribution < -0.4 is 5.56 Å². The van der Waals surface area contributed by atoms with E-state index in [4.69, 9.17) is 4.98 Å². The summed E-state index contributed by atoms with van der Waals surface area (Å²) in [4.78, 5) is 24.8. The summed E-state index contributed by atoms with van der Waals surface area (Å²) >= 11 is 1.60. The highest BCUT2D eigenvalue weighted by Crippen LogP contribution is 2.31. The van der Waals surface area contributed by atoms with Crippen LogP contribution in [0.2, 0.25) is 0 Å². The predicted molar refractivity (Wildman–Crippen MR) is 109 cm³/mol. The number of nitrogens with one attached hydrogen (secondary N) is 1. The van der Waals surface area contributed by atoms with Gasteiger partial charge >= 0.3 is 0 Å². The number of H-pyrrole nitrogens is 1. The molecule has 2 aromatic heterocycles. The van der Waals surface area contributed by atoms with Crippen molar-refractivity contribution in [3.63, 3.8) is 0 Å². The summed E-state index contributed by atoms with van der Waals surface area (Å²) < 4.78 is 0. The lowest BCUT2D eigenvalue weighted by Crippen LogP contribution is -2.39. The maximum Gasteiger partial charge on any atom is 0.259 e. The average molecular weight is 368 g/mol. The van der Waals surface area contributed by atoms with Gasteiger partial charge in [0.25, 0.3) is 5.56 Å². The Morgan fingerprint density at radius 3 is 2.65 bits per heavy atom. The van der Waals surface area contributed by atoms with Gasteiger partial charge in [-0.15, -0.1) is 11.3 Å². The van der Waals surface area contributed by atoms with Gasteiger partial charge in [0.2, 0.25) is 0 Å². The predicted octanol–water partition coefficient (Wildman–Crippen LogP) is 4.80. The molecule has 1 fully saturated rings. The summed E-state index contributed by atoms with van der Waals surface area (Å²) in [6, 6.07) is 13.2. The molecule has 2 heterocycles. The van der Waals surface area contributed by atoms with E-state index in [9.17, 15) is 4.79 Å². The molecule has 1 aromatic carbocycles. The molecule has 4 nitrogen and oxygen atoms in total. The molecule has 5 heteroatoms. The van der Waals surface area contributed by atoms with Crippen LogP contribution in [-0.2, 0) is 6.54 Å². The molecule has 1 aliphatic rings. The van der Waals surface area contributed by atoms with Gasteiger partial charge in [-0.2, -0.15) is 0 Å². The highest BCUT2D eigenvalue weighted by atomic mass is 32.1. The standard InChI is InChI=1S/C21H25N3OS/c1-14(2)24(16-10-6-7-11-16)13-19-22-20(25)17-12-18(26-21(17)23-19)15-8-4-3-5-9-15/h3-5,8-9,12,14,16H,6-7,10-11,13H2,1-2H3,(H,22,23,25). The van der Waals surface area contributed by atoms with Crippen LogP contribution in [0.3, 0.4) is 0 Å². The zero-order valence-corrected chi connectivity index (χ0v) is 16.2. The van der Waals surface area contributed by atoms with Crippen molar-refractivity contribution in [2.75, 3.05) is 0 Å². The van der Waals surface area contributed by atoms with Crippen molar-refractivity contribution in [3.05, 3.63) is 52.6 Å². The fraction of sp³-hybridized carbons (Fsp3) is 0.429. The van der Waals surface area contributed by atoms with E-state index in [0.717, 1.165) is 21.1 Å². The molecule has 26 heavy (non-hydrogen) atoms. The molecule has 0 unspecified atom stereocenters. The van der Waals surface area contributed by atoms with E-state index in [-0.39, 0.29) is 5.56 Å². The van der Waals surface area contributed by atoms with Gasteiger partial charge in [-0.1, -0.05) is 43.2 Å². The smallest absolute Gasteiger partial charge is 0.259 e. The van der Waals surface area contributed by atoms with Gasteiger partial charge in [-0.3, -0.25) is 9.69 Å². The van der Waals surface area contributed by atoms with Crippen molar-refractivity contribution in [2.24, 2.45) is 0 Å². The highest BCUT2D eigenvalue weighted by molar-refractivity contribution is 7.21. The van der Waals surface area contributed by atoms with E-state index in [0.29, 0.717) is 24.0 Å². The minimum Gasteiger partial charge on any atom is -0.309 e. The first-order chi connectivity index (χ1) is 12.6. The third-order valence-electron chi connectivity index (χ3n) is 5.30. The van der Waals surface area contributed by atoms with Crippen LogP contribution >= 0.6 is 11.3 Å². The number of nitrogens with zero attached hydrogens (tertiary/aromatic N) is 2. The first-order valence-corrected chi connectivity index (χ1v) is 10.3. The van der Waals surface area contributed by atoms with Crippen molar-refractivity contribution in [1.29, 1.82) is 0 Å². The van der Waals surface area contributed by atoms with Gasteiger partial charge in [0.1, 0.15) is 10.7 Å². The molecule has 0 spiro atoms. The van der Waals surface area contributed by atoms with Crippen LogP contribution in [-0.4, -0.2) is 27.0 Å². The summed E-state index contributed by atoms with van der Waals surface area (Å²) in [5.41, 5.74) is 1.10. The van der Waals surface area contributed by atoms with Crippen LogP contribution in [0.5, 0.6) is 0 Å². The minimum atomic E-state index is -0.0291. The fourth-order valence-electron chi connectivity index (χ4n) is 3.94. The largest absolute Gasteiger partial charge is 0.309 e. The molecule has 1 saturated carbocycles. The summed E-state index contributed by atoms with van der Waals surface area (Å²) in [6.07, 6.45) is 5.12. The number of benzene rings is 1. The Morgan fingerprint density at radius 2 is 1.96 bits per heavy atom. The molecular formula is C21H25N3OS. The maximum absolute atomic E-state index is 12.6. The minimum absolute atomic E-state index is 0.0291. The van der Waals surface area contributed by atoms with Crippen LogP contribution in [0.25, 0.3) is 20.7 Å². The van der Waals surface area contributed by atoms with Gasteiger partial charge in [-0.05, 0) is 38.3 Å². The van der Waals surface area contributed by atoms with Crippen molar-refractivity contribution >= 4 is 21.6 Å². The molecule has 4 rings (SSSR count). The van der Waals surface area contributed by atoms with Gasteiger partial charge < -0.3 is 4.98 Å². The monoisotopic (exact) mass is 367 g/mol. The molecule has 0 aliphatic heterocycles. The van der Waals surface area contributed by atoms with Gasteiger partial charge in [-0.25, -0.2) is 4.98 Å². The van der Waals surface area contributed by atoms with Crippen molar-refractivity contribution in [2.45, 2.75) is 58.2 Å². The zero-order chi connectivity index (χ0) is 18.1. The van der Waals surface area contributed by atoms with Crippen LogP contribution in [0.1, 0.15) is 45.4 Å². The van der Waals surface area contributed by atoms with E-state index in [1.807, 2.05) is 24.3 Å². The Kier molecular flexibility index (Phi) is 4.92.